The van der Waals surface area contributed by atoms with E-state index in [0.717, 1.165) is 0 Å². The minimum Gasteiger partial charge on any atom is -0.359 e. The largest absolute Gasteiger partial charge is 0.359 e. The van der Waals surface area contributed by atoms with Crippen LogP contribution in [-0.2, 0) is 6.54 Å². The molecule has 0 atom stereocenters. The zero-order chi connectivity index (χ0) is 17.1. The molecule has 1 aliphatic heterocycles. The maximum absolute atomic E-state index is 12.3. The van der Waals surface area contributed by atoms with E-state index >= 15 is 0 Å². The monoisotopic (exact) mass is 359 g/mol. The van der Waals surface area contributed by atoms with Crippen LogP contribution in [-0.4, -0.2) is 38.6 Å². The third-order valence-corrected chi connectivity index (χ3v) is 4.34. The number of anilines is 1. The van der Waals surface area contributed by atoms with E-state index in [9.17, 15) is 9.59 Å². The molecule has 0 bridgehead atoms. The zero-order valence-electron chi connectivity index (χ0n) is 12.5. The van der Waals surface area contributed by atoms with Crippen molar-refractivity contribution in [1.29, 1.82) is 0 Å². The summed E-state index contributed by atoms with van der Waals surface area (Å²) in [6.45, 7) is 4.20. The van der Waals surface area contributed by atoms with Crippen molar-refractivity contribution in [3.8, 4) is 0 Å². The van der Waals surface area contributed by atoms with Gasteiger partial charge in [-0.25, -0.2) is 0 Å². The van der Waals surface area contributed by atoms with E-state index in [0.29, 0.717) is 32.9 Å². The number of amides is 2. The predicted molar refractivity (Wildman–Crippen MR) is 95.0 cm³/mol. The highest BCUT2D eigenvalue weighted by atomic mass is 32.1. The molecule has 3 rings (SSSR count). The highest BCUT2D eigenvalue weighted by Gasteiger charge is 2.35. The summed E-state index contributed by atoms with van der Waals surface area (Å²) in [6, 6.07) is 6.76. The molecule has 0 saturated carbocycles. The minimum absolute atomic E-state index is 0.0819. The molecule has 1 aliphatic rings. The topological polar surface area (TPSA) is 87.2 Å². The van der Waals surface area contributed by atoms with Gasteiger partial charge in [0, 0.05) is 6.54 Å². The van der Waals surface area contributed by atoms with Crippen LogP contribution in [0.3, 0.4) is 0 Å². The van der Waals surface area contributed by atoms with Gasteiger partial charge in [-0.2, -0.15) is 0 Å². The first kappa shape index (κ1) is 16.2. The number of imide groups is 1. The molecule has 0 saturated heterocycles. The molecule has 1 aromatic carbocycles. The van der Waals surface area contributed by atoms with E-state index in [2.05, 4.69) is 27.4 Å². The Morgan fingerprint density at radius 2 is 1.92 bits per heavy atom. The first-order valence-corrected chi connectivity index (χ1v) is 8.26. The van der Waals surface area contributed by atoms with Crippen molar-refractivity contribution in [1.82, 2.24) is 20.4 Å². The second-order valence-electron chi connectivity index (χ2n) is 4.87. The molecule has 7 nitrogen and oxygen atoms in total. The van der Waals surface area contributed by atoms with Crippen molar-refractivity contribution in [3.05, 3.63) is 53.1 Å². The number of fused-ring (bicyclic) bond motifs is 1. The van der Waals surface area contributed by atoms with Gasteiger partial charge in [0.15, 0.2) is 5.11 Å². The number of thiocarbonyl (C=S) groups is 1. The smallest absolute Gasteiger partial charge is 0.261 e. The van der Waals surface area contributed by atoms with Crippen molar-refractivity contribution in [2.24, 2.45) is 0 Å². The summed E-state index contributed by atoms with van der Waals surface area (Å²) in [4.78, 5) is 25.8. The van der Waals surface area contributed by atoms with Crippen molar-refractivity contribution in [3.63, 3.8) is 0 Å². The fourth-order valence-corrected chi connectivity index (χ4v) is 3.17. The molecule has 122 valence electrons. The van der Waals surface area contributed by atoms with E-state index < -0.39 is 0 Å². The van der Waals surface area contributed by atoms with Crippen LogP contribution in [0.25, 0.3) is 0 Å². The number of nitrogens with zero attached hydrogens (tertiary/aromatic N) is 3. The van der Waals surface area contributed by atoms with Crippen LogP contribution in [0.2, 0.25) is 0 Å². The van der Waals surface area contributed by atoms with Gasteiger partial charge in [-0.3, -0.25) is 14.5 Å². The third kappa shape index (κ3) is 3.17. The molecule has 2 amide bonds. The fourth-order valence-electron chi connectivity index (χ4n) is 2.19. The number of carbonyl (C=O) groups excluding carboxylic acids is 2. The van der Waals surface area contributed by atoms with Gasteiger partial charge in [0.25, 0.3) is 11.8 Å². The lowest BCUT2D eigenvalue weighted by Gasteiger charge is -2.10. The van der Waals surface area contributed by atoms with E-state index in [-0.39, 0.29) is 18.4 Å². The molecule has 24 heavy (non-hydrogen) atoms. The molecule has 0 spiro atoms. The number of hydrogen-bond donors (Lipinski definition) is 2. The molecule has 9 heteroatoms. The Labute approximate surface area is 147 Å². The van der Waals surface area contributed by atoms with Crippen LogP contribution in [0.5, 0.6) is 0 Å². The van der Waals surface area contributed by atoms with Gasteiger partial charge in [-0.05, 0) is 24.4 Å². The maximum Gasteiger partial charge on any atom is 0.261 e. The number of hydrogen-bond acceptors (Lipinski definition) is 6. The van der Waals surface area contributed by atoms with Gasteiger partial charge in [-0.1, -0.05) is 29.5 Å². The average Bonchev–Trinajstić information content (AvgIpc) is 3.12. The Morgan fingerprint density at radius 1 is 1.25 bits per heavy atom. The Bertz CT molecular complexity index is 798. The lowest BCUT2D eigenvalue weighted by Crippen LogP contribution is -2.29. The summed E-state index contributed by atoms with van der Waals surface area (Å²) in [7, 11) is 0. The molecule has 2 N–H and O–H groups in total. The number of rotatable bonds is 5. The second-order valence-corrected chi connectivity index (χ2v) is 6.34. The second kappa shape index (κ2) is 6.85. The predicted octanol–water partition coefficient (Wildman–Crippen LogP) is 1.81. The molecule has 0 aliphatic carbocycles. The molecule has 0 unspecified atom stereocenters. The molecular formula is C15H13N5O2S2. The zero-order valence-corrected chi connectivity index (χ0v) is 14.1. The fraction of sp³-hybridized carbons (Fsp3) is 0.133. The summed E-state index contributed by atoms with van der Waals surface area (Å²) in [5, 5.41) is 15.2. The minimum atomic E-state index is -0.316. The van der Waals surface area contributed by atoms with Crippen LogP contribution in [0.15, 0.2) is 36.9 Å². The van der Waals surface area contributed by atoms with Crippen molar-refractivity contribution < 1.29 is 9.59 Å². The Hall–Kier alpha value is -2.65. The lowest BCUT2D eigenvalue weighted by atomic mass is 10.1. The molecule has 2 aromatic rings. The number of aromatic nitrogens is 2. The SMILES string of the molecule is C=CCNC(=S)Nc1nnc(CN2C(=O)c3ccccc3C2=O)s1. The Balaban J connectivity index is 1.68. The molecule has 2 heterocycles. The number of nitrogens with one attached hydrogen (secondary N) is 2. The Morgan fingerprint density at radius 3 is 2.54 bits per heavy atom. The first-order valence-electron chi connectivity index (χ1n) is 7.03. The highest BCUT2D eigenvalue weighted by Crippen LogP contribution is 2.25. The van der Waals surface area contributed by atoms with Gasteiger partial charge >= 0.3 is 0 Å². The van der Waals surface area contributed by atoms with Crippen LogP contribution < -0.4 is 10.6 Å². The van der Waals surface area contributed by atoms with Crippen molar-refractivity contribution in [2.75, 3.05) is 11.9 Å². The summed E-state index contributed by atoms with van der Waals surface area (Å²) < 4.78 is 0. The quantitative estimate of drug-likeness (QED) is 0.478. The van der Waals surface area contributed by atoms with Gasteiger partial charge in [0.05, 0.1) is 17.7 Å². The normalized spacial score (nSPS) is 12.9. The van der Waals surface area contributed by atoms with Gasteiger partial charge in [0.2, 0.25) is 5.13 Å². The first-order chi connectivity index (χ1) is 11.6. The summed E-state index contributed by atoms with van der Waals surface area (Å²) in [5.74, 6) is -0.632. The van der Waals surface area contributed by atoms with E-state index in [4.69, 9.17) is 12.2 Å². The molecule has 1 aromatic heterocycles. The number of benzene rings is 1. The van der Waals surface area contributed by atoms with Crippen LogP contribution in [0.4, 0.5) is 5.13 Å². The maximum atomic E-state index is 12.3. The van der Waals surface area contributed by atoms with E-state index in [1.165, 1.54) is 16.2 Å². The van der Waals surface area contributed by atoms with Gasteiger partial charge < -0.3 is 10.6 Å². The van der Waals surface area contributed by atoms with Crippen LogP contribution in [0.1, 0.15) is 25.7 Å². The number of carbonyl (C=O) groups is 2. The van der Waals surface area contributed by atoms with Crippen molar-refractivity contribution >= 4 is 45.6 Å². The lowest BCUT2D eigenvalue weighted by molar-refractivity contribution is 0.0642. The van der Waals surface area contributed by atoms with Crippen LogP contribution in [0, 0.1) is 0 Å². The van der Waals surface area contributed by atoms with Gasteiger partial charge in [0.1, 0.15) is 5.01 Å². The molecule has 0 fully saturated rings. The third-order valence-electron chi connectivity index (χ3n) is 3.27. The molecule has 0 radical (unpaired) electrons. The van der Waals surface area contributed by atoms with E-state index in [1.54, 1.807) is 30.3 Å². The Kier molecular flexibility index (Phi) is 4.63. The van der Waals surface area contributed by atoms with Gasteiger partial charge in [-0.15, -0.1) is 16.8 Å². The average molecular weight is 359 g/mol. The van der Waals surface area contributed by atoms with E-state index in [1.807, 2.05) is 0 Å². The van der Waals surface area contributed by atoms with Crippen molar-refractivity contribution in [2.45, 2.75) is 6.54 Å². The summed E-state index contributed by atoms with van der Waals surface area (Å²) in [6.07, 6.45) is 1.68. The summed E-state index contributed by atoms with van der Waals surface area (Å²) >= 11 is 6.32. The van der Waals surface area contributed by atoms with Crippen LogP contribution >= 0.6 is 23.6 Å². The molecular weight excluding hydrogens is 346 g/mol. The highest BCUT2D eigenvalue weighted by molar-refractivity contribution is 7.80. The standard InChI is InChI=1S/C15H13N5O2S2/c1-2-7-16-14(23)17-15-19-18-11(24-15)8-20-12(21)9-5-3-4-6-10(9)13(20)22/h2-6H,1,7-8H2,(H2,16,17,19,23). The summed E-state index contributed by atoms with van der Waals surface area (Å²) in [5.41, 5.74) is 0.834.